The Kier molecular flexibility index (Phi) is 4.63. The fraction of sp³-hybridized carbons (Fsp3) is 0.500. The summed E-state index contributed by atoms with van der Waals surface area (Å²) in [4.78, 5) is 25.2. The molecular formula is C22H24Cl2N4O2. The van der Waals surface area contributed by atoms with Gasteiger partial charge in [0.25, 0.3) is 5.56 Å². The standard InChI is InChI=1S/C22H24Cl2N4O2/c1-13(29)27-21-7-14-6-15(8-21)10-22(9-14,12-21)28-20(30)19(24)18(11-25-28)26-17-4-2-16(23)3-5-17/h2-5,11,14-15,26H,6-10,12H2,1H3,(H,27,29)/t14-,15+,21?,22?. The topological polar surface area (TPSA) is 76.0 Å². The predicted molar refractivity (Wildman–Crippen MR) is 117 cm³/mol. The monoisotopic (exact) mass is 446 g/mol. The molecule has 4 saturated carbocycles. The van der Waals surface area contributed by atoms with Crippen molar-refractivity contribution in [2.24, 2.45) is 11.8 Å². The number of hydrogen-bond acceptors (Lipinski definition) is 4. The van der Waals surface area contributed by atoms with Crippen LogP contribution in [0.25, 0.3) is 0 Å². The largest absolute Gasteiger partial charge is 0.353 e. The molecule has 6 rings (SSSR count). The normalized spacial score (nSPS) is 31.6. The van der Waals surface area contributed by atoms with Crippen LogP contribution in [0, 0.1) is 11.8 Å². The molecule has 1 aromatic heterocycles. The lowest BCUT2D eigenvalue weighted by atomic mass is 9.50. The first kappa shape index (κ1) is 19.9. The van der Waals surface area contributed by atoms with E-state index in [0.717, 1.165) is 37.8 Å². The SMILES string of the molecule is CC(=O)NC12C[C@H]3C[C@@H](C1)CC(n1ncc(Nc4ccc(Cl)cc4)c(Cl)c1=O)(C3)C2. The highest BCUT2D eigenvalue weighted by molar-refractivity contribution is 6.33. The minimum atomic E-state index is -0.383. The molecule has 4 aliphatic rings. The molecule has 8 heteroatoms. The molecule has 1 heterocycles. The van der Waals surface area contributed by atoms with E-state index in [1.54, 1.807) is 29.9 Å². The minimum Gasteiger partial charge on any atom is -0.353 e. The minimum absolute atomic E-state index is 0.00653. The number of halogens is 2. The van der Waals surface area contributed by atoms with Crippen molar-refractivity contribution < 1.29 is 4.79 Å². The van der Waals surface area contributed by atoms with Crippen molar-refractivity contribution in [2.75, 3.05) is 5.32 Å². The molecule has 6 nitrogen and oxygen atoms in total. The third-order valence-electron chi connectivity index (χ3n) is 6.96. The number of nitrogens with zero attached hydrogens (tertiary/aromatic N) is 2. The van der Waals surface area contributed by atoms with Crippen LogP contribution >= 0.6 is 23.2 Å². The van der Waals surface area contributed by atoms with Crippen LogP contribution in [0.15, 0.2) is 35.3 Å². The van der Waals surface area contributed by atoms with Gasteiger partial charge in [-0.1, -0.05) is 23.2 Å². The van der Waals surface area contributed by atoms with Gasteiger partial charge in [-0.25, -0.2) is 4.68 Å². The molecule has 4 fully saturated rings. The van der Waals surface area contributed by atoms with Crippen molar-refractivity contribution in [3.8, 4) is 0 Å². The van der Waals surface area contributed by atoms with Gasteiger partial charge in [-0.2, -0.15) is 5.10 Å². The number of amides is 1. The van der Waals surface area contributed by atoms with Crippen LogP contribution in [0.5, 0.6) is 0 Å². The van der Waals surface area contributed by atoms with Crippen molar-refractivity contribution in [3.05, 3.63) is 50.9 Å². The van der Waals surface area contributed by atoms with Crippen molar-refractivity contribution in [2.45, 2.75) is 56.5 Å². The lowest BCUT2D eigenvalue weighted by Gasteiger charge is -2.61. The second kappa shape index (κ2) is 6.99. The van der Waals surface area contributed by atoms with E-state index in [-0.39, 0.29) is 27.6 Å². The van der Waals surface area contributed by atoms with Gasteiger partial charge < -0.3 is 10.6 Å². The quantitative estimate of drug-likeness (QED) is 0.725. The number of hydrogen-bond donors (Lipinski definition) is 2. The van der Waals surface area contributed by atoms with E-state index in [1.165, 1.54) is 6.42 Å². The van der Waals surface area contributed by atoms with Crippen LogP contribution in [0.4, 0.5) is 11.4 Å². The van der Waals surface area contributed by atoms with Crippen LogP contribution < -0.4 is 16.2 Å². The Hall–Kier alpha value is -2.05. The summed E-state index contributed by atoms with van der Waals surface area (Å²) < 4.78 is 1.61. The van der Waals surface area contributed by atoms with Gasteiger partial charge in [-0.3, -0.25) is 9.59 Å². The summed E-state index contributed by atoms with van der Waals surface area (Å²) in [6.07, 6.45) is 7.34. The van der Waals surface area contributed by atoms with E-state index in [4.69, 9.17) is 23.2 Å². The van der Waals surface area contributed by atoms with E-state index in [0.29, 0.717) is 22.5 Å². The van der Waals surface area contributed by atoms with Crippen LogP contribution in [-0.2, 0) is 10.3 Å². The Morgan fingerprint density at radius 3 is 2.43 bits per heavy atom. The maximum atomic E-state index is 13.3. The Morgan fingerprint density at radius 2 is 1.80 bits per heavy atom. The molecule has 2 N–H and O–H groups in total. The van der Waals surface area contributed by atoms with E-state index in [2.05, 4.69) is 15.7 Å². The zero-order valence-corrected chi connectivity index (χ0v) is 18.3. The van der Waals surface area contributed by atoms with Gasteiger partial charge in [0.1, 0.15) is 5.02 Å². The number of carbonyl (C=O) groups excluding carboxylic acids is 1. The van der Waals surface area contributed by atoms with Crippen LogP contribution in [-0.4, -0.2) is 21.2 Å². The van der Waals surface area contributed by atoms with Crippen molar-refractivity contribution in [3.63, 3.8) is 0 Å². The first-order valence-corrected chi connectivity index (χ1v) is 11.1. The number of rotatable bonds is 4. The van der Waals surface area contributed by atoms with E-state index >= 15 is 0 Å². The number of aromatic nitrogens is 2. The zero-order chi connectivity index (χ0) is 21.1. The van der Waals surface area contributed by atoms with Gasteiger partial charge in [-0.15, -0.1) is 0 Å². The molecule has 4 aliphatic carbocycles. The van der Waals surface area contributed by atoms with Gasteiger partial charge in [0.2, 0.25) is 5.91 Å². The first-order chi connectivity index (χ1) is 14.3. The maximum absolute atomic E-state index is 13.3. The first-order valence-electron chi connectivity index (χ1n) is 10.4. The molecule has 158 valence electrons. The van der Waals surface area contributed by atoms with Gasteiger partial charge in [0, 0.05) is 23.2 Å². The summed E-state index contributed by atoms with van der Waals surface area (Å²) in [5, 5.41) is 11.7. The number of nitrogens with one attached hydrogen (secondary N) is 2. The highest BCUT2D eigenvalue weighted by atomic mass is 35.5. The fourth-order valence-electron chi connectivity index (χ4n) is 6.53. The third kappa shape index (κ3) is 3.30. The third-order valence-corrected chi connectivity index (χ3v) is 7.58. The van der Waals surface area contributed by atoms with Gasteiger partial charge in [0.05, 0.1) is 17.4 Å². The molecule has 4 bridgehead atoms. The smallest absolute Gasteiger partial charge is 0.288 e. The molecule has 1 aromatic carbocycles. The predicted octanol–water partition coefficient (Wildman–Crippen LogP) is 4.48. The number of anilines is 2. The molecular weight excluding hydrogens is 423 g/mol. The maximum Gasteiger partial charge on any atom is 0.288 e. The molecule has 0 spiro atoms. The molecule has 2 aromatic rings. The fourth-order valence-corrected chi connectivity index (χ4v) is 6.83. The molecule has 0 radical (unpaired) electrons. The summed E-state index contributed by atoms with van der Waals surface area (Å²) in [7, 11) is 0. The van der Waals surface area contributed by atoms with Crippen molar-refractivity contribution in [1.29, 1.82) is 0 Å². The van der Waals surface area contributed by atoms with Crippen molar-refractivity contribution >= 4 is 40.5 Å². The molecule has 0 aliphatic heterocycles. The molecule has 30 heavy (non-hydrogen) atoms. The summed E-state index contributed by atoms with van der Waals surface area (Å²) in [5.74, 6) is 0.989. The molecule has 0 saturated heterocycles. The summed E-state index contributed by atoms with van der Waals surface area (Å²) >= 11 is 12.4. The average Bonchev–Trinajstić information content (AvgIpc) is 2.65. The van der Waals surface area contributed by atoms with E-state index in [1.807, 2.05) is 12.1 Å². The van der Waals surface area contributed by atoms with Crippen LogP contribution in [0.3, 0.4) is 0 Å². The van der Waals surface area contributed by atoms with Crippen LogP contribution in [0.2, 0.25) is 10.0 Å². The molecule has 4 atom stereocenters. The highest BCUT2D eigenvalue weighted by Gasteiger charge is 2.59. The number of benzene rings is 1. The average molecular weight is 447 g/mol. The van der Waals surface area contributed by atoms with Gasteiger partial charge >= 0.3 is 0 Å². The lowest BCUT2D eigenvalue weighted by Crippen LogP contribution is -2.67. The van der Waals surface area contributed by atoms with Crippen LogP contribution in [0.1, 0.15) is 45.4 Å². The molecule has 2 unspecified atom stereocenters. The zero-order valence-electron chi connectivity index (χ0n) is 16.8. The Balaban J connectivity index is 1.50. The number of carbonyl (C=O) groups is 1. The lowest BCUT2D eigenvalue weighted by molar-refractivity contribution is -0.128. The van der Waals surface area contributed by atoms with Crippen molar-refractivity contribution in [1.82, 2.24) is 15.1 Å². The Bertz CT molecular complexity index is 1050. The van der Waals surface area contributed by atoms with E-state index < -0.39 is 0 Å². The summed E-state index contributed by atoms with van der Waals surface area (Å²) in [6, 6.07) is 7.17. The summed E-state index contributed by atoms with van der Waals surface area (Å²) in [6.45, 7) is 1.57. The second-order valence-electron chi connectivity index (χ2n) is 9.37. The second-order valence-corrected chi connectivity index (χ2v) is 10.2. The molecule has 1 amide bonds. The van der Waals surface area contributed by atoms with E-state index in [9.17, 15) is 9.59 Å². The Morgan fingerprint density at radius 1 is 1.13 bits per heavy atom. The van der Waals surface area contributed by atoms with Gasteiger partial charge in [0.15, 0.2) is 0 Å². The Labute approximate surface area is 184 Å². The summed E-state index contributed by atoms with van der Waals surface area (Å²) in [5.41, 5.74) is 0.354. The highest BCUT2D eigenvalue weighted by Crippen LogP contribution is 2.60. The van der Waals surface area contributed by atoms with Gasteiger partial charge in [-0.05, 0) is 74.6 Å².